The Bertz CT molecular complexity index is 404. The summed E-state index contributed by atoms with van der Waals surface area (Å²) in [5, 5.41) is 8.94. The maximum Gasteiger partial charge on any atom is 0.131 e. The Labute approximate surface area is 87.4 Å². The van der Waals surface area contributed by atoms with Crippen molar-refractivity contribution in [3.8, 4) is 6.07 Å². The summed E-state index contributed by atoms with van der Waals surface area (Å²) in [7, 11) is 0. The summed E-state index contributed by atoms with van der Waals surface area (Å²) < 4.78 is 13.2. The van der Waals surface area contributed by atoms with Gasteiger partial charge in [0.15, 0.2) is 0 Å². The van der Waals surface area contributed by atoms with E-state index >= 15 is 0 Å². The van der Waals surface area contributed by atoms with Crippen LogP contribution >= 0.6 is 11.6 Å². The molecule has 0 amide bonds. The maximum atomic E-state index is 13.2. The third-order valence-electron chi connectivity index (χ3n) is 1.86. The van der Waals surface area contributed by atoms with Gasteiger partial charge in [-0.15, -0.1) is 0 Å². The first kappa shape index (κ1) is 10.7. The average Bonchev–Trinajstić information content (AvgIpc) is 2.20. The molecule has 1 rings (SSSR count). The van der Waals surface area contributed by atoms with Crippen LogP contribution < -0.4 is 0 Å². The maximum absolute atomic E-state index is 13.2. The normalized spacial score (nSPS) is 11.9. The highest BCUT2D eigenvalue weighted by Crippen LogP contribution is 2.26. The lowest BCUT2D eigenvalue weighted by atomic mass is 10.1. The van der Waals surface area contributed by atoms with E-state index < -0.39 is 5.82 Å². The molecule has 72 valence electrons. The summed E-state index contributed by atoms with van der Waals surface area (Å²) >= 11 is 5.89. The molecule has 0 spiro atoms. The summed E-state index contributed by atoms with van der Waals surface area (Å²) in [5.41, 5.74) is 0.685. The fourth-order valence-corrected chi connectivity index (χ4v) is 1.41. The van der Waals surface area contributed by atoms with Gasteiger partial charge in [0.05, 0.1) is 11.1 Å². The molecule has 0 heterocycles. The lowest BCUT2D eigenvalue weighted by molar-refractivity contribution is 0.624. The van der Waals surface area contributed by atoms with Crippen LogP contribution in [0.1, 0.15) is 18.9 Å². The fourth-order valence-electron chi connectivity index (χ4n) is 1.09. The van der Waals surface area contributed by atoms with Gasteiger partial charge in [0.1, 0.15) is 5.82 Å². The lowest BCUT2D eigenvalue weighted by Crippen LogP contribution is -1.88. The largest absolute Gasteiger partial charge is 0.206 e. The van der Waals surface area contributed by atoms with E-state index in [4.69, 9.17) is 16.9 Å². The van der Waals surface area contributed by atoms with E-state index in [-0.39, 0.29) is 10.6 Å². The Kier molecular flexibility index (Phi) is 3.67. The molecule has 0 unspecified atom stereocenters. The molecule has 1 aromatic carbocycles. The zero-order valence-electron chi connectivity index (χ0n) is 7.72. The quantitative estimate of drug-likeness (QED) is 0.682. The number of allylic oxidation sites excluding steroid dienone is 1. The van der Waals surface area contributed by atoms with Gasteiger partial charge in [-0.25, -0.2) is 4.39 Å². The van der Waals surface area contributed by atoms with Crippen LogP contribution in [0, 0.1) is 17.1 Å². The molecular weight excluding hydrogens is 201 g/mol. The number of hydrogen-bond donors (Lipinski definition) is 0. The van der Waals surface area contributed by atoms with Gasteiger partial charge >= 0.3 is 0 Å². The Balaban J connectivity index is 3.25. The van der Waals surface area contributed by atoms with Gasteiger partial charge in [-0.3, -0.25) is 0 Å². The molecule has 0 radical (unpaired) electrons. The number of nitrogens with zero attached hydrogens (tertiary/aromatic N) is 1. The molecule has 0 aromatic heterocycles. The molecule has 0 bridgehead atoms. The van der Waals surface area contributed by atoms with Crippen molar-refractivity contribution in [2.45, 2.75) is 13.3 Å². The van der Waals surface area contributed by atoms with Crippen LogP contribution in [0.15, 0.2) is 29.8 Å². The summed E-state index contributed by atoms with van der Waals surface area (Å²) in [4.78, 5) is 0. The van der Waals surface area contributed by atoms with Crippen molar-refractivity contribution in [1.82, 2.24) is 0 Å². The van der Waals surface area contributed by atoms with Gasteiger partial charge in [0.25, 0.3) is 0 Å². The van der Waals surface area contributed by atoms with E-state index in [1.807, 2.05) is 13.0 Å². The summed E-state index contributed by atoms with van der Waals surface area (Å²) in [6.07, 6.45) is 0.504. The molecule has 0 aliphatic heterocycles. The van der Waals surface area contributed by atoms with Crippen LogP contribution in [0.25, 0.3) is 5.03 Å². The number of halogens is 2. The van der Waals surface area contributed by atoms with Gasteiger partial charge in [-0.2, -0.15) is 5.26 Å². The summed E-state index contributed by atoms with van der Waals surface area (Å²) in [6, 6.07) is 8.11. The van der Waals surface area contributed by atoms with E-state index in [0.29, 0.717) is 12.0 Å². The smallest absolute Gasteiger partial charge is 0.131 e. The number of benzene rings is 1. The number of rotatable bonds is 2. The Hall–Kier alpha value is -1.33. The Morgan fingerprint density at radius 3 is 2.64 bits per heavy atom. The number of nitriles is 1. The van der Waals surface area contributed by atoms with Crippen molar-refractivity contribution in [2.24, 2.45) is 0 Å². The van der Waals surface area contributed by atoms with Crippen LogP contribution in [-0.2, 0) is 0 Å². The van der Waals surface area contributed by atoms with Crippen LogP contribution in [0.5, 0.6) is 0 Å². The Morgan fingerprint density at radius 2 is 2.14 bits per heavy atom. The first-order chi connectivity index (χ1) is 6.70. The van der Waals surface area contributed by atoms with Crippen LogP contribution in [0.3, 0.4) is 0 Å². The van der Waals surface area contributed by atoms with Gasteiger partial charge < -0.3 is 0 Å². The van der Waals surface area contributed by atoms with Crippen molar-refractivity contribution in [2.75, 3.05) is 0 Å². The minimum atomic E-state index is -0.404. The van der Waals surface area contributed by atoms with E-state index in [2.05, 4.69) is 0 Å². The van der Waals surface area contributed by atoms with E-state index in [0.717, 1.165) is 0 Å². The molecule has 0 N–H and O–H groups in total. The minimum absolute atomic E-state index is 0.202. The molecular formula is C11H9ClFN. The molecule has 3 heteroatoms. The molecule has 1 aromatic rings. The highest BCUT2D eigenvalue weighted by Gasteiger charge is 2.08. The highest BCUT2D eigenvalue weighted by atomic mass is 35.5. The van der Waals surface area contributed by atoms with Crippen molar-refractivity contribution >= 4 is 16.6 Å². The van der Waals surface area contributed by atoms with E-state index in [9.17, 15) is 4.39 Å². The Morgan fingerprint density at radius 1 is 1.50 bits per heavy atom. The third kappa shape index (κ3) is 2.12. The van der Waals surface area contributed by atoms with Gasteiger partial charge in [0.2, 0.25) is 0 Å². The predicted molar refractivity (Wildman–Crippen MR) is 55.1 cm³/mol. The molecule has 0 aliphatic carbocycles. The standard InChI is InChI=1S/C11H9ClFN/c1-2-8(7-14)11(12)9-5-3-4-6-10(9)13/h3-6H,2H2,1H3. The summed E-state index contributed by atoms with van der Waals surface area (Å²) in [6.45, 7) is 1.81. The SMILES string of the molecule is CCC(C#N)=C(Cl)c1ccccc1F. The molecule has 0 fully saturated rings. The second-order valence-corrected chi connectivity index (χ2v) is 3.12. The number of hydrogen-bond acceptors (Lipinski definition) is 1. The van der Waals surface area contributed by atoms with Crippen molar-refractivity contribution in [3.05, 3.63) is 41.2 Å². The molecule has 0 aliphatic rings. The van der Waals surface area contributed by atoms with Gasteiger partial charge in [0, 0.05) is 11.1 Å². The van der Waals surface area contributed by atoms with E-state index in [1.54, 1.807) is 18.2 Å². The predicted octanol–water partition coefficient (Wildman–Crippen LogP) is 3.71. The highest BCUT2D eigenvalue weighted by molar-refractivity contribution is 6.49. The van der Waals surface area contributed by atoms with Crippen LogP contribution in [0.2, 0.25) is 0 Å². The first-order valence-corrected chi connectivity index (χ1v) is 4.62. The first-order valence-electron chi connectivity index (χ1n) is 4.24. The third-order valence-corrected chi connectivity index (χ3v) is 2.30. The zero-order valence-corrected chi connectivity index (χ0v) is 8.48. The van der Waals surface area contributed by atoms with E-state index in [1.165, 1.54) is 6.07 Å². The molecule has 1 nitrogen and oxygen atoms in total. The molecule has 0 saturated carbocycles. The average molecular weight is 210 g/mol. The summed E-state index contributed by atoms with van der Waals surface area (Å²) in [5.74, 6) is -0.404. The van der Waals surface area contributed by atoms with Gasteiger partial charge in [-0.1, -0.05) is 36.7 Å². The topological polar surface area (TPSA) is 23.8 Å². The van der Waals surface area contributed by atoms with Crippen molar-refractivity contribution in [1.29, 1.82) is 5.26 Å². The minimum Gasteiger partial charge on any atom is -0.206 e. The van der Waals surface area contributed by atoms with Crippen molar-refractivity contribution in [3.63, 3.8) is 0 Å². The molecule has 0 atom stereocenters. The second kappa shape index (κ2) is 4.78. The van der Waals surface area contributed by atoms with Crippen LogP contribution in [-0.4, -0.2) is 0 Å². The monoisotopic (exact) mass is 209 g/mol. The molecule has 0 saturated heterocycles. The van der Waals surface area contributed by atoms with Gasteiger partial charge in [-0.05, 0) is 12.5 Å². The second-order valence-electron chi connectivity index (χ2n) is 2.74. The molecule has 14 heavy (non-hydrogen) atoms. The fraction of sp³-hybridized carbons (Fsp3) is 0.182. The van der Waals surface area contributed by atoms with Crippen molar-refractivity contribution < 1.29 is 4.39 Å². The van der Waals surface area contributed by atoms with Crippen LogP contribution in [0.4, 0.5) is 4.39 Å². The zero-order chi connectivity index (χ0) is 10.6. The lowest BCUT2D eigenvalue weighted by Gasteiger charge is -2.02.